The highest BCUT2D eigenvalue weighted by Gasteiger charge is 1.89. The van der Waals surface area contributed by atoms with E-state index in [2.05, 4.69) is 38.5 Å². The van der Waals surface area contributed by atoms with Gasteiger partial charge in [-0.1, -0.05) is 15.9 Å². The smallest absolute Gasteiger partial charge is 0.0228 e. The molecule has 0 bridgehead atoms. The third-order valence-electron chi connectivity index (χ3n) is 1.03. The van der Waals surface area contributed by atoms with Gasteiger partial charge in [0.1, 0.15) is 0 Å². The van der Waals surface area contributed by atoms with Crippen LogP contribution < -0.4 is 10.5 Å². The molecule has 0 unspecified atom stereocenters. The van der Waals surface area contributed by atoms with Gasteiger partial charge >= 0.3 is 0 Å². The van der Waals surface area contributed by atoms with Gasteiger partial charge in [-0.2, -0.15) is 0 Å². The SMILES string of the molecule is CN.CNSc1ccc(Br)cc1. The van der Waals surface area contributed by atoms with E-state index in [9.17, 15) is 0 Å². The van der Waals surface area contributed by atoms with Crippen molar-refractivity contribution in [2.45, 2.75) is 4.90 Å². The first-order valence-corrected chi connectivity index (χ1v) is 5.11. The molecule has 0 aliphatic rings. The highest BCUT2D eigenvalue weighted by Crippen LogP contribution is 2.17. The van der Waals surface area contributed by atoms with Crippen LogP contribution in [0.1, 0.15) is 0 Å². The summed E-state index contributed by atoms with van der Waals surface area (Å²) in [6.07, 6.45) is 0. The Hall–Kier alpha value is -0.0300. The van der Waals surface area contributed by atoms with Crippen LogP contribution >= 0.6 is 27.9 Å². The fourth-order valence-corrected chi connectivity index (χ4v) is 1.39. The summed E-state index contributed by atoms with van der Waals surface area (Å²) in [5.74, 6) is 0. The quantitative estimate of drug-likeness (QED) is 0.789. The van der Waals surface area contributed by atoms with Crippen LogP contribution in [0.15, 0.2) is 33.6 Å². The van der Waals surface area contributed by atoms with Gasteiger partial charge in [0, 0.05) is 9.37 Å². The maximum absolute atomic E-state index is 4.50. The van der Waals surface area contributed by atoms with Gasteiger partial charge in [0.05, 0.1) is 0 Å². The van der Waals surface area contributed by atoms with Crippen molar-refractivity contribution in [1.29, 1.82) is 0 Å². The summed E-state index contributed by atoms with van der Waals surface area (Å²) in [5.41, 5.74) is 4.50. The van der Waals surface area contributed by atoms with Crippen molar-refractivity contribution in [2.75, 3.05) is 14.1 Å². The van der Waals surface area contributed by atoms with E-state index in [-0.39, 0.29) is 0 Å². The zero-order chi connectivity index (χ0) is 9.40. The van der Waals surface area contributed by atoms with Gasteiger partial charge in [0.25, 0.3) is 0 Å². The molecule has 0 aromatic heterocycles. The third kappa shape index (κ3) is 4.77. The zero-order valence-corrected chi connectivity index (χ0v) is 9.58. The number of hydrogen-bond acceptors (Lipinski definition) is 3. The van der Waals surface area contributed by atoms with E-state index < -0.39 is 0 Å². The second kappa shape index (κ2) is 7.61. The van der Waals surface area contributed by atoms with Gasteiger partial charge in [-0.15, -0.1) is 0 Å². The van der Waals surface area contributed by atoms with Crippen LogP contribution in [0.3, 0.4) is 0 Å². The molecular formula is C8H13BrN2S. The molecule has 68 valence electrons. The van der Waals surface area contributed by atoms with Crippen molar-refractivity contribution in [3.63, 3.8) is 0 Å². The number of rotatable bonds is 2. The largest absolute Gasteiger partial charge is 0.333 e. The van der Waals surface area contributed by atoms with Gasteiger partial charge in [-0.3, -0.25) is 4.72 Å². The van der Waals surface area contributed by atoms with Crippen LogP contribution in [0.4, 0.5) is 0 Å². The van der Waals surface area contributed by atoms with Crippen LogP contribution in [0.25, 0.3) is 0 Å². The van der Waals surface area contributed by atoms with Crippen LogP contribution in [-0.4, -0.2) is 14.1 Å². The van der Waals surface area contributed by atoms with Crippen molar-refractivity contribution < 1.29 is 0 Å². The number of halogens is 1. The second-order valence-corrected chi connectivity index (χ2v) is 3.76. The molecule has 0 atom stereocenters. The third-order valence-corrected chi connectivity index (χ3v) is 2.27. The van der Waals surface area contributed by atoms with E-state index in [0.29, 0.717) is 0 Å². The average Bonchev–Trinajstić information content (AvgIpc) is 2.13. The first-order chi connectivity index (χ1) is 5.83. The van der Waals surface area contributed by atoms with E-state index in [1.807, 2.05) is 19.2 Å². The van der Waals surface area contributed by atoms with E-state index in [1.54, 1.807) is 11.9 Å². The lowest BCUT2D eigenvalue weighted by molar-refractivity contribution is 1.27. The fourth-order valence-electron chi connectivity index (χ4n) is 0.620. The number of nitrogens with one attached hydrogen (secondary N) is 1. The van der Waals surface area contributed by atoms with Gasteiger partial charge in [-0.25, -0.2) is 0 Å². The minimum atomic E-state index is 1.12. The summed E-state index contributed by atoms with van der Waals surface area (Å²) in [4.78, 5) is 1.23. The van der Waals surface area contributed by atoms with E-state index in [1.165, 1.54) is 11.9 Å². The van der Waals surface area contributed by atoms with Crippen LogP contribution in [0.2, 0.25) is 0 Å². The van der Waals surface area contributed by atoms with Crippen molar-refractivity contribution >= 4 is 27.9 Å². The van der Waals surface area contributed by atoms with Crippen molar-refractivity contribution in [2.24, 2.45) is 5.73 Å². The molecule has 0 aliphatic heterocycles. The number of nitrogens with two attached hydrogens (primary N) is 1. The molecule has 2 nitrogen and oxygen atoms in total. The predicted molar refractivity (Wildman–Crippen MR) is 59.2 cm³/mol. The number of hydrogen-bond donors (Lipinski definition) is 2. The molecule has 0 radical (unpaired) electrons. The molecule has 0 saturated carbocycles. The van der Waals surface area contributed by atoms with Crippen LogP contribution in [-0.2, 0) is 0 Å². The minimum absolute atomic E-state index is 1.12. The Morgan fingerprint density at radius 2 is 1.75 bits per heavy atom. The van der Waals surface area contributed by atoms with Crippen LogP contribution in [0.5, 0.6) is 0 Å². The molecule has 0 spiro atoms. The Bertz CT molecular complexity index is 201. The van der Waals surface area contributed by atoms with Gasteiger partial charge < -0.3 is 5.73 Å². The normalized spacial score (nSPS) is 8.67. The lowest BCUT2D eigenvalue weighted by Gasteiger charge is -1.96. The molecular weight excluding hydrogens is 236 g/mol. The van der Waals surface area contributed by atoms with Gasteiger partial charge in [-0.05, 0) is 50.3 Å². The van der Waals surface area contributed by atoms with Crippen molar-refractivity contribution in [1.82, 2.24) is 4.72 Å². The Morgan fingerprint density at radius 3 is 2.17 bits per heavy atom. The molecule has 0 heterocycles. The fraction of sp³-hybridized carbons (Fsp3) is 0.250. The maximum Gasteiger partial charge on any atom is 0.0228 e. The highest BCUT2D eigenvalue weighted by atomic mass is 79.9. The summed E-state index contributed by atoms with van der Waals surface area (Å²) in [6.45, 7) is 0. The van der Waals surface area contributed by atoms with Crippen molar-refractivity contribution in [3.05, 3.63) is 28.7 Å². The zero-order valence-electron chi connectivity index (χ0n) is 7.17. The molecule has 12 heavy (non-hydrogen) atoms. The van der Waals surface area contributed by atoms with E-state index in [4.69, 9.17) is 0 Å². The Balaban J connectivity index is 0.000000561. The summed E-state index contributed by atoms with van der Waals surface area (Å²) in [6, 6.07) is 8.18. The molecule has 0 amide bonds. The molecule has 1 aromatic carbocycles. The molecule has 0 saturated heterocycles. The standard InChI is InChI=1S/C7H8BrNS.CH5N/c1-9-10-7-4-2-6(8)3-5-7;1-2/h2-5,9H,1H3;2H2,1H3. The first kappa shape index (κ1) is 12.0. The second-order valence-electron chi connectivity index (χ2n) is 1.76. The minimum Gasteiger partial charge on any atom is -0.333 e. The topological polar surface area (TPSA) is 38.0 Å². The van der Waals surface area contributed by atoms with E-state index in [0.717, 1.165) is 4.47 Å². The molecule has 1 rings (SSSR count). The Kier molecular flexibility index (Phi) is 7.59. The first-order valence-electron chi connectivity index (χ1n) is 3.50. The number of benzene rings is 1. The summed E-state index contributed by atoms with van der Waals surface area (Å²) >= 11 is 4.98. The van der Waals surface area contributed by atoms with Crippen LogP contribution in [0, 0.1) is 0 Å². The molecule has 1 aromatic rings. The molecule has 3 N–H and O–H groups in total. The summed E-state index contributed by atoms with van der Waals surface area (Å²) < 4.78 is 4.12. The molecule has 4 heteroatoms. The van der Waals surface area contributed by atoms with Gasteiger partial charge in [0.15, 0.2) is 0 Å². The molecule has 0 fully saturated rings. The van der Waals surface area contributed by atoms with Gasteiger partial charge in [0.2, 0.25) is 0 Å². The Morgan fingerprint density at radius 1 is 1.25 bits per heavy atom. The lowest BCUT2D eigenvalue weighted by Crippen LogP contribution is -1.89. The Labute approximate surface area is 86.2 Å². The monoisotopic (exact) mass is 248 g/mol. The van der Waals surface area contributed by atoms with Crippen molar-refractivity contribution in [3.8, 4) is 0 Å². The summed E-state index contributed by atoms with van der Waals surface area (Å²) in [7, 11) is 3.41. The van der Waals surface area contributed by atoms with E-state index >= 15 is 0 Å². The molecule has 0 aliphatic carbocycles. The summed E-state index contributed by atoms with van der Waals surface area (Å²) in [5, 5.41) is 0. The highest BCUT2D eigenvalue weighted by molar-refractivity contribution is 9.10. The average molecular weight is 249 g/mol. The predicted octanol–water partition coefficient (Wildman–Crippen LogP) is 2.25. The lowest BCUT2D eigenvalue weighted by atomic mass is 10.4. The maximum atomic E-state index is 4.50.